The first kappa shape index (κ1) is 18.6. The molecule has 0 amide bonds. The highest BCUT2D eigenvalue weighted by atomic mass is 14.9. The molecular weight excluding hydrogens is 338 g/mol. The third-order valence-corrected chi connectivity index (χ3v) is 6.02. The standard InChI is InChI=1S/C27H29N/c1-20-17-25-19-27(3,15-13-22-9-5-4-6-10-22)16-14-24(25)18-26(20)28-21(2)23-11-7-8-12-23/h4-11,14,16-18,28H,2,12-13,15,19H2,1,3H3. The van der Waals surface area contributed by atoms with Gasteiger partial charge in [0.1, 0.15) is 0 Å². The number of anilines is 1. The molecule has 0 heterocycles. The molecule has 1 heteroatoms. The average Bonchev–Trinajstić information content (AvgIpc) is 3.23. The van der Waals surface area contributed by atoms with E-state index < -0.39 is 0 Å². The third kappa shape index (κ3) is 4.04. The maximum Gasteiger partial charge on any atom is 0.0420 e. The van der Waals surface area contributed by atoms with E-state index >= 15 is 0 Å². The molecule has 2 aromatic carbocycles. The largest absolute Gasteiger partial charge is 0.356 e. The molecule has 0 fully saturated rings. The highest BCUT2D eigenvalue weighted by Gasteiger charge is 2.26. The summed E-state index contributed by atoms with van der Waals surface area (Å²) in [5.41, 5.74) is 9.13. The highest BCUT2D eigenvalue weighted by Crippen LogP contribution is 2.38. The summed E-state index contributed by atoms with van der Waals surface area (Å²) in [5.74, 6) is 0. The lowest BCUT2D eigenvalue weighted by Gasteiger charge is -2.31. The van der Waals surface area contributed by atoms with Crippen LogP contribution in [-0.4, -0.2) is 0 Å². The zero-order valence-electron chi connectivity index (χ0n) is 17.0. The fourth-order valence-corrected chi connectivity index (χ4v) is 4.17. The first-order valence-corrected chi connectivity index (χ1v) is 10.2. The van der Waals surface area contributed by atoms with Gasteiger partial charge in [-0.2, -0.15) is 0 Å². The van der Waals surface area contributed by atoms with E-state index in [2.05, 4.69) is 98.6 Å². The molecule has 4 rings (SSSR count). The normalized spacial score (nSPS) is 20.0. The van der Waals surface area contributed by atoms with Gasteiger partial charge in [0.15, 0.2) is 0 Å². The quantitative estimate of drug-likeness (QED) is 0.578. The van der Waals surface area contributed by atoms with Crippen LogP contribution in [0.4, 0.5) is 5.69 Å². The van der Waals surface area contributed by atoms with Crippen LogP contribution >= 0.6 is 0 Å². The number of fused-ring (bicyclic) bond motifs is 1. The summed E-state index contributed by atoms with van der Waals surface area (Å²) in [4.78, 5) is 0. The van der Waals surface area contributed by atoms with Crippen LogP contribution in [0.2, 0.25) is 0 Å². The van der Waals surface area contributed by atoms with Gasteiger partial charge in [-0.3, -0.25) is 0 Å². The van der Waals surface area contributed by atoms with E-state index in [0.717, 1.165) is 30.6 Å². The minimum absolute atomic E-state index is 0.216. The number of nitrogens with one attached hydrogen (secondary N) is 1. The number of benzene rings is 2. The van der Waals surface area contributed by atoms with Crippen molar-refractivity contribution in [2.45, 2.75) is 39.5 Å². The molecule has 2 aromatic rings. The van der Waals surface area contributed by atoms with E-state index in [1.165, 1.54) is 34.2 Å². The second kappa shape index (κ2) is 7.67. The second-order valence-electron chi connectivity index (χ2n) is 8.44. The molecule has 142 valence electrons. The third-order valence-electron chi connectivity index (χ3n) is 6.02. The van der Waals surface area contributed by atoms with E-state index in [9.17, 15) is 0 Å². The van der Waals surface area contributed by atoms with Gasteiger partial charge in [-0.1, -0.05) is 80.3 Å². The predicted molar refractivity (Wildman–Crippen MR) is 121 cm³/mol. The maximum absolute atomic E-state index is 4.22. The Labute approximate surface area is 169 Å². The molecule has 2 aliphatic rings. The first-order chi connectivity index (χ1) is 13.5. The van der Waals surface area contributed by atoms with Crippen molar-refractivity contribution in [3.63, 3.8) is 0 Å². The van der Waals surface area contributed by atoms with Gasteiger partial charge in [0.05, 0.1) is 0 Å². The number of aryl methyl sites for hydroxylation is 2. The summed E-state index contributed by atoms with van der Waals surface area (Å²) in [5, 5.41) is 3.53. The summed E-state index contributed by atoms with van der Waals surface area (Å²) in [6.45, 7) is 8.80. The van der Waals surface area contributed by atoms with Gasteiger partial charge >= 0.3 is 0 Å². The topological polar surface area (TPSA) is 12.0 Å². The minimum atomic E-state index is 0.216. The average molecular weight is 368 g/mol. The summed E-state index contributed by atoms with van der Waals surface area (Å²) >= 11 is 0. The summed E-state index contributed by atoms with van der Waals surface area (Å²) in [6, 6.07) is 15.5. The van der Waals surface area contributed by atoms with E-state index in [-0.39, 0.29) is 5.41 Å². The fourth-order valence-electron chi connectivity index (χ4n) is 4.17. The Kier molecular flexibility index (Phi) is 5.09. The van der Waals surface area contributed by atoms with Crippen molar-refractivity contribution in [1.29, 1.82) is 0 Å². The van der Waals surface area contributed by atoms with Crippen LogP contribution in [0.3, 0.4) is 0 Å². The Morgan fingerprint density at radius 2 is 2.00 bits per heavy atom. The number of hydrogen-bond donors (Lipinski definition) is 1. The molecule has 1 unspecified atom stereocenters. The molecule has 0 saturated carbocycles. The highest BCUT2D eigenvalue weighted by molar-refractivity contribution is 5.68. The molecule has 0 aromatic heterocycles. The van der Waals surface area contributed by atoms with Crippen LogP contribution in [-0.2, 0) is 12.8 Å². The lowest BCUT2D eigenvalue weighted by Crippen LogP contribution is -2.21. The Morgan fingerprint density at radius 1 is 1.18 bits per heavy atom. The molecule has 0 spiro atoms. The van der Waals surface area contributed by atoms with Gasteiger partial charge in [0, 0.05) is 11.4 Å². The Morgan fingerprint density at radius 3 is 2.75 bits per heavy atom. The lowest BCUT2D eigenvalue weighted by molar-refractivity contribution is 0.387. The van der Waals surface area contributed by atoms with E-state index in [0.29, 0.717) is 0 Å². The van der Waals surface area contributed by atoms with Gasteiger partial charge in [-0.05, 0) is 71.9 Å². The molecular formula is C27H29N. The van der Waals surface area contributed by atoms with Crippen LogP contribution in [0.25, 0.3) is 6.08 Å². The molecule has 0 bridgehead atoms. The monoisotopic (exact) mass is 367 g/mol. The van der Waals surface area contributed by atoms with Gasteiger partial charge in [0.25, 0.3) is 0 Å². The van der Waals surface area contributed by atoms with Crippen molar-refractivity contribution in [3.8, 4) is 0 Å². The summed E-state index contributed by atoms with van der Waals surface area (Å²) in [6.07, 6.45) is 15.5. The molecule has 1 N–H and O–H groups in total. The van der Waals surface area contributed by atoms with Crippen LogP contribution in [0.1, 0.15) is 42.0 Å². The van der Waals surface area contributed by atoms with Gasteiger partial charge < -0.3 is 5.32 Å². The Hall–Kier alpha value is -2.80. The Bertz CT molecular complexity index is 975. The molecule has 28 heavy (non-hydrogen) atoms. The van der Waals surface area contributed by atoms with E-state index in [1.807, 2.05) is 0 Å². The van der Waals surface area contributed by atoms with Crippen LogP contribution in [0.5, 0.6) is 0 Å². The minimum Gasteiger partial charge on any atom is -0.356 e. The number of hydrogen-bond acceptors (Lipinski definition) is 1. The maximum atomic E-state index is 4.22. The SMILES string of the molecule is C=C(Nc1cc2c(cc1C)CC(C)(CCc1ccccc1)C=C2)C1=CC=CC1. The summed E-state index contributed by atoms with van der Waals surface area (Å²) in [7, 11) is 0. The second-order valence-corrected chi connectivity index (χ2v) is 8.44. The van der Waals surface area contributed by atoms with E-state index in [4.69, 9.17) is 0 Å². The van der Waals surface area contributed by atoms with Crippen molar-refractivity contribution in [2.75, 3.05) is 5.32 Å². The van der Waals surface area contributed by atoms with Gasteiger partial charge in [-0.25, -0.2) is 0 Å². The van der Waals surface area contributed by atoms with Crippen molar-refractivity contribution in [3.05, 3.63) is 107 Å². The molecule has 0 saturated heterocycles. The smallest absolute Gasteiger partial charge is 0.0420 e. The van der Waals surface area contributed by atoms with Crippen LogP contribution < -0.4 is 5.32 Å². The zero-order chi connectivity index (χ0) is 19.6. The van der Waals surface area contributed by atoms with Crippen molar-refractivity contribution in [2.24, 2.45) is 5.41 Å². The molecule has 2 aliphatic carbocycles. The van der Waals surface area contributed by atoms with Gasteiger partial charge in [0.2, 0.25) is 0 Å². The van der Waals surface area contributed by atoms with Crippen molar-refractivity contribution >= 4 is 11.8 Å². The Balaban J connectivity index is 1.48. The number of allylic oxidation sites excluding steroid dienone is 5. The molecule has 1 atom stereocenters. The zero-order valence-corrected chi connectivity index (χ0v) is 17.0. The fraction of sp³-hybridized carbons (Fsp3) is 0.259. The van der Waals surface area contributed by atoms with Crippen molar-refractivity contribution < 1.29 is 0 Å². The van der Waals surface area contributed by atoms with Crippen LogP contribution in [0, 0.1) is 12.3 Å². The summed E-state index contributed by atoms with van der Waals surface area (Å²) < 4.78 is 0. The molecule has 0 radical (unpaired) electrons. The van der Waals surface area contributed by atoms with Crippen molar-refractivity contribution in [1.82, 2.24) is 0 Å². The predicted octanol–water partition coefficient (Wildman–Crippen LogP) is 7.02. The lowest BCUT2D eigenvalue weighted by atomic mass is 9.74. The molecule has 0 aliphatic heterocycles. The van der Waals surface area contributed by atoms with Gasteiger partial charge in [-0.15, -0.1) is 0 Å². The van der Waals surface area contributed by atoms with E-state index in [1.54, 1.807) is 0 Å². The first-order valence-electron chi connectivity index (χ1n) is 10.2. The van der Waals surface area contributed by atoms with Crippen LogP contribution in [0.15, 0.2) is 84.6 Å². The molecule has 1 nitrogen and oxygen atoms in total. The number of rotatable bonds is 6.